The number of piperidine rings is 1. The number of rotatable bonds is 1. The standard InChI is InChI=1S/C16H16N2O3/c1-8-6-9-2-3-10-14(18-21-15(10)12(9)7-8)11-4-5-13(19)17-16(11)20/h2-3,8,11H,4-7H2,1H3,(H,17,19,20)/t8-,11?/m1/s1. The predicted molar refractivity (Wildman–Crippen MR) is 75.7 cm³/mol. The van der Waals surface area contributed by atoms with Gasteiger partial charge >= 0.3 is 0 Å². The van der Waals surface area contributed by atoms with E-state index in [1.165, 1.54) is 11.1 Å². The summed E-state index contributed by atoms with van der Waals surface area (Å²) in [6.45, 7) is 2.23. The second-order valence-corrected chi connectivity index (χ2v) is 6.16. The highest BCUT2D eigenvalue weighted by atomic mass is 16.5. The fourth-order valence-corrected chi connectivity index (χ4v) is 3.54. The van der Waals surface area contributed by atoms with Crippen LogP contribution in [0.1, 0.15) is 42.5 Å². The molecular weight excluding hydrogens is 268 g/mol. The minimum absolute atomic E-state index is 0.209. The Morgan fingerprint density at radius 1 is 1.29 bits per heavy atom. The molecule has 2 heterocycles. The third-order valence-electron chi connectivity index (χ3n) is 4.56. The lowest BCUT2D eigenvalue weighted by Gasteiger charge is -2.18. The largest absolute Gasteiger partial charge is 0.356 e. The Bertz CT molecular complexity index is 762. The van der Waals surface area contributed by atoms with Gasteiger partial charge in [-0.3, -0.25) is 14.9 Å². The van der Waals surface area contributed by atoms with E-state index in [4.69, 9.17) is 4.52 Å². The number of amides is 2. The van der Waals surface area contributed by atoms with Gasteiger partial charge in [0.25, 0.3) is 0 Å². The van der Waals surface area contributed by atoms with Gasteiger partial charge < -0.3 is 4.52 Å². The van der Waals surface area contributed by atoms with Crippen molar-refractivity contribution >= 4 is 22.8 Å². The number of hydrogen-bond acceptors (Lipinski definition) is 4. The summed E-state index contributed by atoms with van der Waals surface area (Å²) in [5.41, 5.74) is 4.03. The number of carbonyl (C=O) groups is 2. The van der Waals surface area contributed by atoms with Gasteiger partial charge in [-0.1, -0.05) is 18.1 Å². The van der Waals surface area contributed by atoms with Gasteiger partial charge in [-0.15, -0.1) is 0 Å². The number of benzene rings is 1. The molecule has 108 valence electrons. The molecule has 2 amide bonds. The van der Waals surface area contributed by atoms with Gasteiger partial charge in [0.05, 0.1) is 5.92 Å². The average Bonchev–Trinajstić information content (AvgIpc) is 3.01. The van der Waals surface area contributed by atoms with Crippen molar-refractivity contribution in [3.8, 4) is 0 Å². The summed E-state index contributed by atoms with van der Waals surface area (Å²) in [7, 11) is 0. The van der Waals surface area contributed by atoms with Gasteiger partial charge in [0, 0.05) is 17.4 Å². The Kier molecular flexibility index (Phi) is 2.64. The monoisotopic (exact) mass is 284 g/mol. The van der Waals surface area contributed by atoms with Crippen LogP contribution in [-0.4, -0.2) is 17.0 Å². The highest BCUT2D eigenvalue weighted by molar-refractivity contribution is 6.02. The molecule has 1 N–H and O–H groups in total. The van der Waals surface area contributed by atoms with Crippen molar-refractivity contribution in [3.63, 3.8) is 0 Å². The van der Waals surface area contributed by atoms with E-state index in [1.807, 2.05) is 6.07 Å². The first-order valence-electron chi connectivity index (χ1n) is 7.37. The van der Waals surface area contributed by atoms with Crippen LogP contribution in [0, 0.1) is 5.92 Å². The number of fused-ring (bicyclic) bond motifs is 3. The first-order chi connectivity index (χ1) is 10.1. The van der Waals surface area contributed by atoms with Crippen LogP contribution in [0.3, 0.4) is 0 Å². The zero-order valence-corrected chi connectivity index (χ0v) is 11.8. The predicted octanol–water partition coefficient (Wildman–Crippen LogP) is 2.08. The lowest BCUT2D eigenvalue weighted by Crippen LogP contribution is -2.39. The smallest absolute Gasteiger partial charge is 0.235 e. The molecular formula is C16H16N2O3. The fourth-order valence-electron chi connectivity index (χ4n) is 3.54. The molecule has 0 saturated carbocycles. The van der Waals surface area contributed by atoms with E-state index in [9.17, 15) is 9.59 Å². The van der Waals surface area contributed by atoms with Gasteiger partial charge in [-0.2, -0.15) is 0 Å². The van der Waals surface area contributed by atoms with Gasteiger partial charge in [0.15, 0.2) is 5.58 Å². The highest BCUT2D eigenvalue weighted by Crippen LogP contribution is 2.37. The normalized spacial score (nSPS) is 25.2. The van der Waals surface area contributed by atoms with Crippen LogP contribution in [0.4, 0.5) is 0 Å². The molecule has 1 aromatic heterocycles. The van der Waals surface area contributed by atoms with Gasteiger partial charge in [0.2, 0.25) is 11.8 Å². The van der Waals surface area contributed by atoms with E-state index in [0.717, 1.165) is 23.8 Å². The molecule has 1 aromatic carbocycles. The van der Waals surface area contributed by atoms with Crippen LogP contribution >= 0.6 is 0 Å². The van der Waals surface area contributed by atoms with E-state index >= 15 is 0 Å². The van der Waals surface area contributed by atoms with Gasteiger partial charge in [-0.05, 0) is 36.8 Å². The molecule has 0 spiro atoms. The SMILES string of the molecule is C[C@@H]1Cc2ccc3c(C4CCC(=O)NC4=O)noc3c2C1. The van der Waals surface area contributed by atoms with Crippen molar-refractivity contribution in [2.75, 3.05) is 0 Å². The van der Waals surface area contributed by atoms with E-state index in [-0.39, 0.29) is 17.7 Å². The average molecular weight is 284 g/mol. The highest BCUT2D eigenvalue weighted by Gasteiger charge is 2.33. The lowest BCUT2D eigenvalue weighted by atomic mass is 9.92. The second kappa shape index (κ2) is 4.41. The molecule has 2 atom stereocenters. The van der Waals surface area contributed by atoms with Crippen molar-refractivity contribution in [1.29, 1.82) is 0 Å². The summed E-state index contributed by atoms with van der Waals surface area (Å²) in [6, 6.07) is 4.12. The molecule has 1 aliphatic heterocycles. The van der Waals surface area contributed by atoms with Crippen molar-refractivity contribution in [2.45, 2.75) is 38.5 Å². The number of hydrogen-bond donors (Lipinski definition) is 1. The molecule has 5 nitrogen and oxygen atoms in total. The third kappa shape index (κ3) is 1.87. The third-order valence-corrected chi connectivity index (χ3v) is 4.56. The number of imide groups is 1. The topological polar surface area (TPSA) is 72.2 Å². The molecule has 0 radical (unpaired) electrons. The molecule has 2 aromatic rings. The van der Waals surface area contributed by atoms with E-state index in [0.29, 0.717) is 24.5 Å². The number of aromatic nitrogens is 1. The maximum absolute atomic E-state index is 12.0. The first-order valence-corrected chi connectivity index (χ1v) is 7.37. The van der Waals surface area contributed by atoms with Crippen LogP contribution < -0.4 is 5.32 Å². The van der Waals surface area contributed by atoms with Crippen LogP contribution in [0.15, 0.2) is 16.7 Å². The molecule has 0 bridgehead atoms. The minimum atomic E-state index is -0.388. The van der Waals surface area contributed by atoms with E-state index < -0.39 is 0 Å². The Morgan fingerprint density at radius 3 is 2.95 bits per heavy atom. The summed E-state index contributed by atoms with van der Waals surface area (Å²) < 4.78 is 5.55. The zero-order chi connectivity index (χ0) is 14.6. The van der Waals surface area contributed by atoms with Crippen LogP contribution in [0.2, 0.25) is 0 Å². The van der Waals surface area contributed by atoms with Crippen molar-refractivity contribution in [3.05, 3.63) is 29.0 Å². The summed E-state index contributed by atoms with van der Waals surface area (Å²) >= 11 is 0. The Balaban J connectivity index is 1.80. The number of carbonyl (C=O) groups excluding carboxylic acids is 2. The van der Waals surface area contributed by atoms with Crippen molar-refractivity contribution in [1.82, 2.24) is 10.5 Å². The second-order valence-electron chi connectivity index (χ2n) is 6.16. The zero-order valence-electron chi connectivity index (χ0n) is 11.8. The van der Waals surface area contributed by atoms with Crippen LogP contribution in [-0.2, 0) is 22.4 Å². The van der Waals surface area contributed by atoms with Gasteiger partial charge in [-0.25, -0.2) is 0 Å². The fraction of sp³-hybridized carbons (Fsp3) is 0.438. The molecule has 1 saturated heterocycles. The molecule has 1 unspecified atom stereocenters. The summed E-state index contributed by atoms with van der Waals surface area (Å²) in [4.78, 5) is 23.3. The van der Waals surface area contributed by atoms with Crippen molar-refractivity contribution < 1.29 is 14.1 Å². The quantitative estimate of drug-likeness (QED) is 0.814. The van der Waals surface area contributed by atoms with Crippen LogP contribution in [0.5, 0.6) is 0 Å². The molecule has 1 fully saturated rings. The first kappa shape index (κ1) is 12.6. The van der Waals surface area contributed by atoms with Crippen molar-refractivity contribution in [2.24, 2.45) is 5.92 Å². The summed E-state index contributed by atoms with van der Waals surface area (Å²) in [6.07, 6.45) is 2.92. The molecule has 5 heteroatoms. The maximum atomic E-state index is 12.0. The van der Waals surface area contributed by atoms with Gasteiger partial charge in [0.1, 0.15) is 5.69 Å². The van der Waals surface area contributed by atoms with Crippen LogP contribution in [0.25, 0.3) is 11.0 Å². The molecule has 2 aliphatic rings. The van der Waals surface area contributed by atoms with E-state index in [1.54, 1.807) is 0 Å². The van der Waals surface area contributed by atoms with E-state index in [2.05, 4.69) is 23.5 Å². The minimum Gasteiger partial charge on any atom is -0.356 e. The molecule has 1 aliphatic carbocycles. The summed E-state index contributed by atoms with van der Waals surface area (Å²) in [5.74, 6) is -0.246. The molecule has 4 rings (SSSR count). The number of nitrogens with one attached hydrogen (secondary N) is 1. The summed E-state index contributed by atoms with van der Waals surface area (Å²) in [5, 5.41) is 7.45. The Hall–Kier alpha value is -2.17. The molecule has 21 heavy (non-hydrogen) atoms. The lowest BCUT2D eigenvalue weighted by molar-refractivity contribution is -0.134. The maximum Gasteiger partial charge on any atom is 0.235 e. The Morgan fingerprint density at radius 2 is 2.14 bits per heavy atom. The number of nitrogens with zero attached hydrogens (tertiary/aromatic N) is 1. The Labute approximate surface area is 121 Å².